The van der Waals surface area contributed by atoms with Gasteiger partial charge in [0.1, 0.15) is 12.4 Å². The van der Waals surface area contributed by atoms with Crippen molar-refractivity contribution in [1.29, 1.82) is 5.26 Å². The second-order valence-corrected chi connectivity index (χ2v) is 3.90. The highest BCUT2D eigenvalue weighted by Gasteiger charge is 1.98. The van der Waals surface area contributed by atoms with E-state index in [0.29, 0.717) is 23.8 Å². The largest absolute Gasteiger partial charge is 0.492 e. The van der Waals surface area contributed by atoms with Gasteiger partial charge in [0, 0.05) is 3.57 Å². The Kier molecular flexibility index (Phi) is 4.33. The molecular formula is C9H7ClINO. The molecule has 1 rings (SSSR count). The lowest BCUT2D eigenvalue weighted by Crippen LogP contribution is -1.95. The van der Waals surface area contributed by atoms with Crippen LogP contribution in [-0.2, 0) is 0 Å². The lowest BCUT2D eigenvalue weighted by Gasteiger charge is -2.04. The van der Waals surface area contributed by atoms with Crippen LogP contribution in [0.5, 0.6) is 5.75 Å². The van der Waals surface area contributed by atoms with Crippen LogP contribution in [0.2, 0.25) is 5.02 Å². The Bertz CT molecular complexity index is 335. The Balaban J connectivity index is 2.59. The molecule has 0 saturated carbocycles. The van der Waals surface area contributed by atoms with Crippen LogP contribution in [0.4, 0.5) is 0 Å². The van der Waals surface area contributed by atoms with E-state index in [1.54, 1.807) is 6.07 Å². The number of hydrogen-bond acceptors (Lipinski definition) is 2. The maximum atomic E-state index is 8.29. The van der Waals surface area contributed by atoms with E-state index in [9.17, 15) is 0 Å². The zero-order valence-electron chi connectivity index (χ0n) is 6.76. The van der Waals surface area contributed by atoms with Crippen LogP contribution in [0.3, 0.4) is 0 Å². The molecule has 2 nitrogen and oxygen atoms in total. The van der Waals surface area contributed by atoms with E-state index in [2.05, 4.69) is 22.6 Å². The SMILES string of the molecule is N#CCCOc1ccc(I)c(Cl)c1. The molecule has 0 spiro atoms. The first-order valence-electron chi connectivity index (χ1n) is 3.69. The first-order valence-corrected chi connectivity index (χ1v) is 5.14. The molecule has 0 aromatic heterocycles. The Morgan fingerprint density at radius 3 is 2.92 bits per heavy atom. The molecule has 0 fully saturated rings. The van der Waals surface area contributed by atoms with Gasteiger partial charge < -0.3 is 4.74 Å². The molecule has 13 heavy (non-hydrogen) atoms. The van der Waals surface area contributed by atoms with Crippen molar-refractivity contribution in [2.45, 2.75) is 6.42 Å². The van der Waals surface area contributed by atoms with Crippen LogP contribution < -0.4 is 4.74 Å². The molecule has 0 aliphatic heterocycles. The molecule has 0 N–H and O–H groups in total. The standard InChI is InChI=1S/C9H7ClINO/c10-8-6-7(2-3-9(8)11)13-5-1-4-12/h2-3,6H,1,5H2. The molecule has 0 saturated heterocycles. The van der Waals surface area contributed by atoms with Gasteiger partial charge >= 0.3 is 0 Å². The van der Waals surface area contributed by atoms with Crippen molar-refractivity contribution in [2.24, 2.45) is 0 Å². The van der Waals surface area contributed by atoms with E-state index in [-0.39, 0.29) is 0 Å². The van der Waals surface area contributed by atoms with Gasteiger partial charge in [-0.25, -0.2) is 0 Å². The zero-order valence-corrected chi connectivity index (χ0v) is 9.67. The fourth-order valence-corrected chi connectivity index (χ4v) is 1.29. The molecule has 0 unspecified atom stereocenters. The lowest BCUT2D eigenvalue weighted by atomic mass is 10.3. The number of benzene rings is 1. The van der Waals surface area contributed by atoms with E-state index in [4.69, 9.17) is 21.6 Å². The zero-order chi connectivity index (χ0) is 9.68. The topological polar surface area (TPSA) is 33.0 Å². The average Bonchev–Trinajstić information content (AvgIpc) is 2.12. The summed E-state index contributed by atoms with van der Waals surface area (Å²) >= 11 is 8.02. The summed E-state index contributed by atoms with van der Waals surface area (Å²) in [4.78, 5) is 0. The van der Waals surface area contributed by atoms with Gasteiger partial charge in [-0.1, -0.05) is 11.6 Å². The summed E-state index contributed by atoms with van der Waals surface area (Å²) in [7, 11) is 0. The van der Waals surface area contributed by atoms with E-state index in [1.807, 2.05) is 18.2 Å². The van der Waals surface area contributed by atoms with Crippen LogP contribution in [0, 0.1) is 14.9 Å². The van der Waals surface area contributed by atoms with Gasteiger partial charge in [0.05, 0.1) is 17.5 Å². The van der Waals surface area contributed by atoms with Gasteiger partial charge in [0.25, 0.3) is 0 Å². The highest BCUT2D eigenvalue weighted by molar-refractivity contribution is 14.1. The number of ether oxygens (including phenoxy) is 1. The van der Waals surface area contributed by atoms with Crippen molar-refractivity contribution in [2.75, 3.05) is 6.61 Å². The smallest absolute Gasteiger partial charge is 0.120 e. The fraction of sp³-hybridized carbons (Fsp3) is 0.222. The minimum absolute atomic E-state index is 0.392. The van der Waals surface area contributed by atoms with Crippen LogP contribution in [0.15, 0.2) is 18.2 Å². The molecule has 1 aromatic rings. The summed E-state index contributed by atoms with van der Waals surface area (Å²) in [5, 5.41) is 8.96. The Labute approximate surface area is 95.6 Å². The van der Waals surface area contributed by atoms with Crippen molar-refractivity contribution in [3.8, 4) is 11.8 Å². The third kappa shape index (κ3) is 3.41. The van der Waals surface area contributed by atoms with Crippen LogP contribution in [0.25, 0.3) is 0 Å². The summed E-state index contributed by atoms with van der Waals surface area (Å²) in [6, 6.07) is 7.47. The first-order chi connectivity index (χ1) is 6.24. The molecule has 0 atom stereocenters. The fourth-order valence-electron chi connectivity index (χ4n) is 0.781. The highest BCUT2D eigenvalue weighted by atomic mass is 127. The van der Waals surface area contributed by atoms with Gasteiger partial charge in [-0.05, 0) is 40.8 Å². The summed E-state index contributed by atoms with van der Waals surface area (Å²) in [5.74, 6) is 0.709. The van der Waals surface area contributed by atoms with Gasteiger partial charge in [-0.15, -0.1) is 0 Å². The normalized spacial score (nSPS) is 9.31. The quantitative estimate of drug-likeness (QED) is 0.634. The predicted octanol–water partition coefficient (Wildman–Crippen LogP) is 3.24. The average molecular weight is 308 g/mol. The minimum atomic E-state index is 0.392. The Morgan fingerprint density at radius 1 is 1.54 bits per heavy atom. The predicted molar refractivity (Wildman–Crippen MR) is 59.9 cm³/mol. The van der Waals surface area contributed by atoms with Crippen molar-refractivity contribution in [3.63, 3.8) is 0 Å². The van der Waals surface area contributed by atoms with E-state index in [0.717, 1.165) is 3.57 Å². The van der Waals surface area contributed by atoms with E-state index in [1.165, 1.54) is 0 Å². The number of halogens is 2. The molecule has 0 amide bonds. The summed E-state index contributed by atoms with van der Waals surface area (Å²) in [5.41, 5.74) is 0. The Morgan fingerprint density at radius 2 is 2.31 bits per heavy atom. The molecule has 0 heterocycles. The van der Waals surface area contributed by atoms with Crippen molar-refractivity contribution in [3.05, 3.63) is 26.8 Å². The van der Waals surface area contributed by atoms with Crippen LogP contribution in [-0.4, -0.2) is 6.61 Å². The lowest BCUT2D eigenvalue weighted by molar-refractivity contribution is 0.326. The van der Waals surface area contributed by atoms with Gasteiger partial charge in [0.15, 0.2) is 0 Å². The number of nitriles is 1. The maximum absolute atomic E-state index is 8.29. The Hall–Kier alpha value is -0.470. The maximum Gasteiger partial charge on any atom is 0.120 e. The van der Waals surface area contributed by atoms with E-state index < -0.39 is 0 Å². The summed E-state index contributed by atoms with van der Waals surface area (Å²) in [6.07, 6.45) is 0.392. The molecule has 0 aliphatic rings. The highest BCUT2D eigenvalue weighted by Crippen LogP contribution is 2.23. The molecule has 68 valence electrons. The number of nitrogens with zero attached hydrogens (tertiary/aromatic N) is 1. The van der Waals surface area contributed by atoms with Gasteiger partial charge in [0.2, 0.25) is 0 Å². The molecule has 4 heteroatoms. The summed E-state index contributed by atoms with van der Waals surface area (Å²) in [6.45, 7) is 0.410. The summed E-state index contributed by atoms with van der Waals surface area (Å²) < 4.78 is 6.26. The van der Waals surface area contributed by atoms with Crippen molar-refractivity contribution < 1.29 is 4.74 Å². The molecule has 0 radical (unpaired) electrons. The number of hydrogen-bond donors (Lipinski definition) is 0. The molecular weight excluding hydrogens is 300 g/mol. The molecule has 0 aliphatic carbocycles. The first kappa shape index (κ1) is 10.6. The second kappa shape index (κ2) is 5.30. The van der Waals surface area contributed by atoms with Crippen molar-refractivity contribution >= 4 is 34.2 Å². The third-order valence-electron chi connectivity index (χ3n) is 1.37. The molecule has 1 aromatic carbocycles. The monoisotopic (exact) mass is 307 g/mol. The van der Waals surface area contributed by atoms with Crippen molar-refractivity contribution in [1.82, 2.24) is 0 Å². The minimum Gasteiger partial charge on any atom is -0.492 e. The number of rotatable bonds is 3. The van der Waals surface area contributed by atoms with E-state index >= 15 is 0 Å². The van der Waals surface area contributed by atoms with Gasteiger partial charge in [-0.2, -0.15) is 5.26 Å². The second-order valence-electron chi connectivity index (χ2n) is 2.33. The van der Waals surface area contributed by atoms with Crippen LogP contribution >= 0.6 is 34.2 Å². The molecule has 0 bridgehead atoms. The van der Waals surface area contributed by atoms with Crippen LogP contribution in [0.1, 0.15) is 6.42 Å². The van der Waals surface area contributed by atoms with Gasteiger partial charge in [-0.3, -0.25) is 0 Å². The third-order valence-corrected chi connectivity index (χ3v) is 2.95.